The molecule has 1 atom stereocenters. The van der Waals surface area contributed by atoms with Gasteiger partial charge in [0.15, 0.2) is 0 Å². The summed E-state index contributed by atoms with van der Waals surface area (Å²) in [6.45, 7) is 2.70. The van der Waals surface area contributed by atoms with Gasteiger partial charge in [0.05, 0.1) is 12.6 Å². The largest absolute Gasteiger partial charge is 0.494 e. The fourth-order valence-corrected chi connectivity index (χ4v) is 2.62. The molecule has 0 radical (unpaired) electrons. The van der Waals surface area contributed by atoms with E-state index in [0.29, 0.717) is 12.6 Å². The number of halogens is 1. The van der Waals surface area contributed by atoms with E-state index in [1.54, 1.807) is 0 Å². The highest BCUT2D eigenvalue weighted by atomic mass is 35.5. The normalized spacial score (nSPS) is 16.8. The number of ether oxygens (including phenoxy) is 1. The van der Waals surface area contributed by atoms with Gasteiger partial charge >= 0.3 is 0 Å². The summed E-state index contributed by atoms with van der Waals surface area (Å²) in [6.07, 6.45) is 0.984. The molecule has 0 amide bonds. The second kappa shape index (κ2) is 5.14. The molecule has 1 N–H and O–H groups in total. The van der Waals surface area contributed by atoms with E-state index >= 15 is 0 Å². The minimum atomic E-state index is 0.323. The van der Waals surface area contributed by atoms with Crippen LogP contribution in [0.15, 0.2) is 42.5 Å². The minimum absolute atomic E-state index is 0.323. The predicted octanol–water partition coefficient (Wildman–Crippen LogP) is 4.45. The molecule has 2 aromatic rings. The first-order chi connectivity index (χ1) is 9.26. The molecule has 0 aromatic heterocycles. The lowest BCUT2D eigenvalue weighted by atomic mass is 10.0. The molecule has 19 heavy (non-hydrogen) atoms. The van der Waals surface area contributed by atoms with Crippen LogP contribution >= 0.6 is 11.6 Å². The summed E-state index contributed by atoms with van der Waals surface area (Å²) in [6, 6.07) is 14.6. The van der Waals surface area contributed by atoms with Gasteiger partial charge in [-0.05, 0) is 54.8 Å². The highest BCUT2D eigenvalue weighted by Gasteiger charge is 2.22. The highest BCUT2D eigenvalue weighted by molar-refractivity contribution is 6.30. The third-order valence-corrected chi connectivity index (χ3v) is 3.67. The monoisotopic (exact) mass is 273 g/mol. The van der Waals surface area contributed by atoms with Gasteiger partial charge in [-0.2, -0.15) is 0 Å². The van der Waals surface area contributed by atoms with Crippen molar-refractivity contribution in [2.75, 3.05) is 11.9 Å². The van der Waals surface area contributed by atoms with Crippen molar-refractivity contribution < 1.29 is 4.74 Å². The van der Waals surface area contributed by atoms with Gasteiger partial charge in [0.1, 0.15) is 5.75 Å². The van der Waals surface area contributed by atoms with E-state index in [9.17, 15) is 0 Å². The fourth-order valence-electron chi connectivity index (χ4n) is 2.49. The van der Waals surface area contributed by atoms with Gasteiger partial charge in [0.25, 0.3) is 0 Å². The molecule has 0 spiro atoms. The van der Waals surface area contributed by atoms with Gasteiger partial charge in [0, 0.05) is 10.7 Å². The van der Waals surface area contributed by atoms with Crippen LogP contribution in [0.3, 0.4) is 0 Å². The molecule has 98 valence electrons. The first kappa shape index (κ1) is 12.4. The number of anilines is 1. The number of hydrogen-bond acceptors (Lipinski definition) is 2. The zero-order chi connectivity index (χ0) is 13.2. The standard InChI is InChI=1S/C16H16ClNO/c1-2-19-14-7-8-15-12(9-14)10-16(18-15)11-3-5-13(17)6-4-11/h3-9,16,18H,2,10H2,1H3. The Morgan fingerprint density at radius 1 is 1.21 bits per heavy atom. The van der Waals surface area contributed by atoms with Crippen molar-refractivity contribution in [2.24, 2.45) is 0 Å². The maximum absolute atomic E-state index is 5.93. The van der Waals surface area contributed by atoms with Crippen LogP contribution in [0.25, 0.3) is 0 Å². The molecule has 0 saturated carbocycles. The van der Waals surface area contributed by atoms with Gasteiger partial charge in [-0.1, -0.05) is 23.7 Å². The van der Waals surface area contributed by atoms with Crippen LogP contribution < -0.4 is 10.1 Å². The number of fused-ring (bicyclic) bond motifs is 1. The Morgan fingerprint density at radius 2 is 2.00 bits per heavy atom. The molecule has 3 rings (SSSR count). The molecule has 2 nitrogen and oxygen atoms in total. The van der Waals surface area contributed by atoms with Crippen LogP contribution in [0, 0.1) is 0 Å². The Morgan fingerprint density at radius 3 is 2.74 bits per heavy atom. The maximum Gasteiger partial charge on any atom is 0.119 e. The van der Waals surface area contributed by atoms with Gasteiger partial charge in [-0.3, -0.25) is 0 Å². The maximum atomic E-state index is 5.93. The molecular formula is C16H16ClNO. The number of rotatable bonds is 3. The van der Waals surface area contributed by atoms with Crippen molar-refractivity contribution in [3.63, 3.8) is 0 Å². The second-order valence-electron chi connectivity index (χ2n) is 4.70. The zero-order valence-electron chi connectivity index (χ0n) is 10.8. The van der Waals surface area contributed by atoms with Crippen molar-refractivity contribution in [2.45, 2.75) is 19.4 Å². The zero-order valence-corrected chi connectivity index (χ0v) is 11.6. The molecule has 0 aliphatic carbocycles. The van der Waals surface area contributed by atoms with E-state index in [-0.39, 0.29) is 0 Å². The molecule has 0 saturated heterocycles. The number of hydrogen-bond donors (Lipinski definition) is 1. The predicted molar refractivity (Wildman–Crippen MR) is 79.1 cm³/mol. The Kier molecular flexibility index (Phi) is 3.34. The lowest BCUT2D eigenvalue weighted by Gasteiger charge is -2.11. The Balaban J connectivity index is 1.81. The molecule has 1 heterocycles. The fraction of sp³-hybridized carbons (Fsp3) is 0.250. The third-order valence-electron chi connectivity index (χ3n) is 3.41. The summed E-state index contributed by atoms with van der Waals surface area (Å²) >= 11 is 5.93. The molecule has 0 fully saturated rings. The minimum Gasteiger partial charge on any atom is -0.494 e. The van der Waals surface area contributed by atoms with Gasteiger partial charge < -0.3 is 10.1 Å². The molecule has 2 aromatic carbocycles. The smallest absolute Gasteiger partial charge is 0.119 e. The van der Waals surface area contributed by atoms with Crippen molar-refractivity contribution in [3.8, 4) is 5.75 Å². The number of benzene rings is 2. The van der Waals surface area contributed by atoms with E-state index in [2.05, 4.69) is 29.6 Å². The van der Waals surface area contributed by atoms with E-state index in [4.69, 9.17) is 16.3 Å². The Labute approximate surface area is 118 Å². The van der Waals surface area contributed by atoms with Gasteiger partial charge in [0.2, 0.25) is 0 Å². The van der Waals surface area contributed by atoms with E-state index in [1.165, 1.54) is 16.8 Å². The summed E-state index contributed by atoms with van der Waals surface area (Å²) in [7, 11) is 0. The molecule has 1 aliphatic rings. The first-order valence-electron chi connectivity index (χ1n) is 6.54. The van der Waals surface area contributed by atoms with Crippen LogP contribution in [0.1, 0.15) is 24.1 Å². The molecule has 3 heteroatoms. The summed E-state index contributed by atoms with van der Waals surface area (Å²) < 4.78 is 5.54. The Hall–Kier alpha value is -1.67. The molecule has 0 bridgehead atoms. The molecular weight excluding hydrogens is 258 g/mol. The van der Waals surface area contributed by atoms with E-state index in [1.807, 2.05) is 25.1 Å². The lowest BCUT2D eigenvalue weighted by molar-refractivity contribution is 0.340. The van der Waals surface area contributed by atoms with Crippen LogP contribution in [0.2, 0.25) is 5.02 Å². The van der Waals surface area contributed by atoms with Crippen molar-refractivity contribution in [1.82, 2.24) is 0 Å². The van der Waals surface area contributed by atoms with Crippen LogP contribution in [-0.2, 0) is 6.42 Å². The summed E-state index contributed by atoms with van der Waals surface area (Å²) in [5.74, 6) is 0.944. The van der Waals surface area contributed by atoms with Crippen LogP contribution in [0.5, 0.6) is 5.75 Å². The van der Waals surface area contributed by atoms with Crippen LogP contribution in [-0.4, -0.2) is 6.61 Å². The van der Waals surface area contributed by atoms with Crippen molar-refractivity contribution >= 4 is 17.3 Å². The van der Waals surface area contributed by atoms with E-state index in [0.717, 1.165) is 17.2 Å². The van der Waals surface area contributed by atoms with E-state index < -0.39 is 0 Å². The second-order valence-corrected chi connectivity index (χ2v) is 5.14. The lowest BCUT2D eigenvalue weighted by Crippen LogP contribution is -2.04. The first-order valence-corrected chi connectivity index (χ1v) is 6.92. The third kappa shape index (κ3) is 2.54. The summed E-state index contributed by atoms with van der Waals surface area (Å²) in [5.41, 5.74) is 3.77. The summed E-state index contributed by atoms with van der Waals surface area (Å²) in [5, 5.41) is 4.32. The quantitative estimate of drug-likeness (QED) is 0.892. The Bertz CT molecular complexity index is 580. The van der Waals surface area contributed by atoms with Crippen molar-refractivity contribution in [1.29, 1.82) is 0 Å². The summed E-state index contributed by atoms with van der Waals surface area (Å²) in [4.78, 5) is 0. The highest BCUT2D eigenvalue weighted by Crippen LogP contribution is 2.36. The molecule has 1 unspecified atom stereocenters. The topological polar surface area (TPSA) is 21.3 Å². The SMILES string of the molecule is CCOc1ccc2c(c1)CC(c1ccc(Cl)cc1)N2. The van der Waals surface area contributed by atoms with Gasteiger partial charge in [-0.15, -0.1) is 0 Å². The van der Waals surface area contributed by atoms with Crippen LogP contribution in [0.4, 0.5) is 5.69 Å². The number of nitrogens with one attached hydrogen (secondary N) is 1. The van der Waals surface area contributed by atoms with Crippen molar-refractivity contribution in [3.05, 3.63) is 58.6 Å². The van der Waals surface area contributed by atoms with Gasteiger partial charge in [-0.25, -0.2) is 0 Å². The molecule has 1 aliphatic heterocycles. The average molecular weight is 274 g/mol. The average Bonchev–Trinajstić information content (AvgIpc) is 2.83.